The van der Waals surface area contributed by atoms with E-state index in [1.54, 1.807) is 18.2 Å². The van der Waals surface area contributed by atoms with Gasteiger partial charge >= 0.3 is 29.6 Å². The Morgan fingerprint density at radius 2 is 1.78 bits per heavy atom. The van der Waals surface area contributed by atoms with Crippen LogP contribution in [0.2, 0.25) is 0 Å². The van der Waals surface area contributed by atoms with E-state index in [2.05, 4.69) is 12.6 Å². The fraction of sp³-hybridized carbons (Fsp3) is 0. The zero-order valence-corrected chi connectivity index (χ0v) is 8.06. The SMILES string of the molecule is [Na+].[O-]c1ccccc1S. The Morgan fingerprint density at radius 3 is 2.11 bits per heavy atom. The van der Waals surface area contributed by atoms with Gasteiger partial charge < -0.3 is 5.11 Å². The van der Waals surface area contributed by atoms with Crippen molar-refractivity contribution in [2.45, 2.75) is 4.90 Å². The maximum Gasteiger partial charge on any atom is 1.00 e. The molecule has 0 aromatic heterocycles. The van der Waals surface area contributed by atoms with Gasteiger partial charge in [0.25, 0.3) is 0 Å². The molecule has 3 heteroatoms. The van der Waals surface area contributed by atoms with Crippen LogP contribution in [0.4, 0.5) is 0 Å². The van der Waals surface area contributed by atoms with Crippen molar-refractivity contribution < 1.29 is 34.7 Å². The maximum atomic E-state index is 10.5. The average Bonchev–Trinajstić information content (AvgIpc) is 1.77. The summed E-state index contributed by atoms with van der Waals surface area (Å²) in [6, 6.07) is 6.64. The van der Waals surface area contributed by atoms with E-state index in [9.17, 15) is 5.11 Å². The van der Waals surface area contributed by atoms with Gasteiger partial charge in [0.15, 0.2) is 0 Å². The number of para-hydroxylation sites is 1. The van der Waals surface area contributed by atoms with Gasteiger partial charge in [0.2, 0.25) is 0 Å². The molecule has 0 N–H and O–H groups in total. The van der Waals surface area contributed by atoms with Crippen LogP contribution in [0.3, 0.4) is 0 Å². The van der Waals surface area contributed by atoms with Crippen molar-refractivity contribution in [3.05, 3.63) is 24.3 Å². The predicted octanol–water partition coefficient (Wildman–Crippen LogP) is -1.95. The number of hydrogen-bond acceptors (Lipinski definition) is 2. The van der Waals surface area contributed by atoms with Gasteiger partial charge in [0.05, 0.1) is 0 Å². The summed E-state index contributed by atoms with van der Waals surface area (Å²) >= 11 is 3.89. The third-order valence-electron chi connectivity index (χ3n) is 0.865. The molecule has 0 bridgehead atoms. The minimum atomic E-state index is -0.0177. The maximum absolute atomic E-state index is 10.5. The molecule has 1 nitrogen and oxygen atoms in total. The van der Waals surface area contributed by atoms with E-state index >= 15 is 0 Å². The Kier molecular flexibility index (Phi) is 4.40. The summed E-state index contributed by atoms with van der Waals surface area (Å²) in [6.07, 6.45) is 0. The molecule has 0 amide bonds. The van der Waals surface area contributed by atoms with Crippen LogP contribution in [0.5, 0.6) is 5.75 Å². The number of benzene rings is 1. The van der Waals surface area contributed by atoms with Crippen LogP contribution >= 0.6 is 12.6 Å². The Bertz CT molecular complexity index is 169. The van der Waals surface area contributed by atoms with Crippen molar-refractivity contribution in [2.24, 2.45) is 0 Å². The summed E-state index contributed by atoms with van der Waals surface area (Å²) in [4.78, 5) is 0.507. The first-order valence-corrected chi connectivity index (χ1v) is 2.70. The largest absolute Gasteiger partial charge is 1.00 e. The van der Waals surface area contributed by atoms with Crippen LogP contribution in [0.1, 0.15) is 0 Å². The van der Waals surface area contributed by atoms with E-state index in [-0.39, 0.29) is 35.3 Å². The van der Waals surface area contributed by atoms with Crippen LogP contribution in [0.15, 0.2) is 29.2 Å². The fourth-order valence-corrected chi connectivity index (χ4v) is 0.618. The first kappa shape index (κ1) is 9.37. The first-order valence-electron chi connectivity index (χ1n) is 2.26. The molecule has 0 atom stereocenters. The van der Waals surface area contributed by atoms with Gasteiger partial charge in [-0.1, -0.05) is 23.9 Å². The minimum Gasteiger partial charge on any atom is -0.872 e. The van der Waals surface area contributed by atoms with Crippen molar-refractivity contribution in [1.29, 1.82) is 0 Å². The molecule has 1 aromatic rings. The summed E-state index contributed by atoms with van der Waals surface area (Å²) < 4.78 is 0. The van der Waals surface area contributed by atoms with Crippen LogP contribution in [0.25, 0.3) is 0 Å². The Hall–Kier alpha value is 0.370. The molecule has 9 heavy (non-hydrogen) atoms. The van der Waals surface area contributed by atoms with Gasteiger partial charge in [-0.15, -0.1) is 12.6 Å². The number of rotatable bonds is 0. The van der Waals surface area contributed by atoms with Crippen molar-refractivity contribution in [3.8, 4) is 5.75 Å². The van der Waals surface area contributed by atoms with Gasteiger partial charge in [-0.3, -0.25) is 0 Å². The second kappa shape index (κ2) is 4.23. The predicted molar refractivity (Wildman–Crippen MR) is 33.1 cm³/mol. The van der Waals surface area contributed by atoms with E-state index < -0.39 is 0 Å². The average molecular weight is 148 g/mol. The van der Waals surface area contributed by atoms with Gasteiger partial charge in [0, 0.05) is 0 Å². The molecule has 0 saturated carbocycles. The van der Waals surface area contributed by atoms with Crippen molar-refractivity contribution in [2.75, 3.05) is 0 Å². The third-order valence-corrected chi connectivity index (χ3v) is 1.23. The minimum absolute atomic E-state index is 0. The van der Waals surface area contributed by atoms with Gasteiger partial charge in [0.1, 0.15) is 0 Å². The van der Waals surface area contributed by atoms with Crippen LogP contribution in [-0.2, 0) is 0 Å². The normalized spacial score (nSPS) is 8.11. The fourth-order valence-electron chi connectivity index (χ4n) is 0.457. The van der Waals surface area contributed by atoms with Crippen LogP contribution in [0, 0.1) is 0 Å². The van der Waals surface area contributed by atoms with E-state index in [0.717, 1.165) is 0 Å². The summed E-state index contributed by atoms with van der Waals surface area (Å²) in [5.41, 5.74) is 0. The molecule has 0 spiro atoms. The second-order valence-electron chi connectivity index (χ2n) is 1.47. The van der Waals surface area contributed by atoms with E-state index in [1.165, 1.54) is 6.07 Å². The summed E-state index contributed by atoms with van der Waals surface area (Å²) in [7, 11) is 0. The van der Waals surface area contributed by atoms with E-state index in [4.69, 9.17) is 0 Å². The van der Waals surface area contributed by atoms with Crippen LogP contribution in [-0.4, -0.2) is 0 Å². The first-order chi connectivity index (χ1) is 3.80. The molecule has 0 saturated heterocycles. The zero-order valence-electron chi connectivity index (χ0n) is 5.16. The summed E-state index contributed by atoms with van der Waals surface area (Å²) in [5, 5.41) is 10.5. The Balaban J connectivity index is 0.000000640. The molecule has 0 aliphatic heterocycles. The monoisotopic (exact) mass is 148 g/mol. The standard InChI is InChI=1S/C6H6OS.Na/c7-5-3-1-2-4-6(5)8;/h1-4,7-8H;/q;+1/p-1. The van der Waals surface area contributed by atoms with Crippen molar-refractivity contribution in [3.63, 3.8) is 0 Å². The molecule has 1 aromatic carbocycles. The molecular weight excluding hydrogens is 143 g/mol. The molecule has 0 heterocycles. The van der Waals surface area contributed by atoms with E-state index in [1.807, 2.05) is 0 Å². The quantitative estimate of drug-likeness (QED) is 0.335. The topological polar surface area (TPSA) is 23.1 Å². The number of thiol groups is 1. The van der Waals surface area contributed by atoms with Gasteiger partial charge in [-0.25, -0.2) is 0 Å². The number of hydrogen-bond donors (Lipinski definition) is 1. The zero-order chi connectivity index (χ0) is 5.98. The molecule has 0 aliphatic rings. The van der Waals surface area contributed by atoms with Gasteiger partial charge in [-0.2, -0.15) is 0 Å². The smallest absolute Gasteiger partial charge is 0.872 e. The second-order valence-corrected chi connectivity index (χ2v) is 1.95. The van der Waals surface area contributed by atoms with Crippen molar-refractivity contribution >= 4 is 12.6 Å². The Labute approximate surface area is 81.8 Å². The molecule has 0 unspecified atom stereocenters. The Morgan fingerprint density at radius 1 is 1.22 bits per heavy atom. The van der Waals surface area contributed by atoms with E-state index in [0.29, 0.717) is 4.90 Å². The molecule has 0 radical (unpaired) electrons. The molecule has 42 valence electrons. The summed E-state index contributed by atoms with van der Waals surface area (Å²) in [5.74, 6) is -0.0177. The molecule has 0 fully saturated rings. The summed E-state index contributed by atoms with van der Waals surface area (Å²) in [6.45, 7) is 0. The molecule has 0 aliphatic carbocycles. The molecular formula is C6H5NaOS. The molecule has 1 rings (SSSR count). The van der Waals surface area contributed by atoms with Gasteiger partial charge in [-0.05, 0) is 11.0 Å². The van der Waals surface area contributed by atoms with Crippen molar-refractivity contribution in [1.82, 2.24) is 0 Å². The van der Waals surface area contributed by atoms with Crippen LogP contribution < -0.4 is 34.7 Å². The third kappa shape index (κ3) is 2.63.